The van der Waals surface area contributed by atoms with Crippen LogP contribution in [-0.4, -0.2) is 24.6 Å². The van der Waals surface area contributed by atoms with Gasteiger partial charge in [0.1, 0.15) is 5.75 Å². The lowest BCUT2D eigenvalue weighted by molar-refractivity contribution is -0.118. The molecule has 0 fully saturated rings. The molecule has 0 spiro atoms. The number of nitrogens with one attached hydrogen (secondary N) is 1. The summed E-state index contributed by atoms with van der Waals surface area (Å²) in [5.41, 5.74) is 3.26. The predicted octanol–water partition coefficient (Wildman–Crippen LogP) is 3.89. The van der Waals surface area contributed by atoms with Crippen LogP contribution in [0.15, 0.2) is 42.5 Å². The van der Waals surface area contributed by atoms with Crippen molar-refractivity contribution in [3.05, 3.63) is 59.2 Å². The molecule has 2 aromatic rings. The molecule has 1 N–H and O–H groups in total. The molecule has 0 saturated carbocycles. The molecule has 132 valence electrons. The van der Waals surface area contributed by atoms with Crippen LogP contribution in [0.3, 0.4) is 0 Å². The van der Waals surface area contributed by atoms with Crippen LogP contribution in [-0.2, 0) is 9.53 Å². The minimum absolute atomic E-state index is 0.108. The van der Waals surface area contributed by atoms with Crippen LogP contribution in [0.25, 0.3) is 0 Å². The Kier molecular flexibility index (Phi) is 6.17. The second-order valence-electron chi connectivity index (χ2n) is 6.08. The molecule has 0 aromatic heterocycles. The van der Waals surface area contributed by atoms with Gasteiger partial charge in [-0.3, -0.25) is 4.79 Å². The zero-order valence-corrected chi connectivity index (χ0v) is 15.0. The van der Waals surface area contributed by atoms with Crippen molar-refractivity contribution >= 4 is 17.6 Å². The fraction of sp³-hybridized carbons (Fsp3) is 0.300. The van der Waals surface area contributed by atoms with Crippen molar-refractivity contribution in [1.29, 1.82) is 0 Å². The van der Waals surface area contributed by atoms with E-state index < -0.39 is 0 Å². The second-order valence-corrected chi connectivity index (χ2v) is 6.08. The molecule has 0 heterocycles. The van der Waals surface area contributed by atoms with Crippen LogP contribution in [0.5, 0.6) is 5.75 Å². The SMILES string of the molecule is Cc1cccc(C)c1NC(=O)COc1ccc(C(=O)OC(C)C)cc1. The lowest BCUT2D eigenvalue weighted by atomic mass is 10.1. The Morgan fingerprint density at radius 2 is 1.60 bits per heavy atom. The van der Waals surface area contributed by atoms with Gasteiger partial charge in [0, 0.05) is 5.69 Å². The van der Waals surface area contributed by atoms with Gasteiger partial charge in [0.25, 0.3) is 5.91 Å². The van der Waals surface area contributed by atoms with Gasteiger partial charge in [-0.2, -0.15) is 0 Å². The number of hydrogen-bond acceptors (Lipinski definition) is 4. The number of esters is 1. The molecular formula is C20H23NO4. The van der Waals surface area contributed by atoms with Crippen LogP contribution in [0.4, 0.5) is 5.69 Å². The molecule has 0 unspecified atom stereocenters. The maximum Gasteiger partial charge on any atom is 0.338 e. The summed E-state index contributed by atoms with van der Waals surface area (Å²) < 4.78 is 10.6. The number of aryl methyl sites for hydroxylation is 2. The number of para-hydroxylation sites is 1. The summed E-state index contributed by atoms with van der Waals surface area (Å²) in [5, 5.41) is 2.86. The van der Waals surface area contributed by atoms with Gasteiger partial charge in [-0.15, -0.1) is 0 Å². The first-order valence-corrected chi connectivity index (χ1v) is 8.16. The van der Waals surface area contributed by atoms with E-state index in [-0.39, 0.29) is 24.6 Å². The number of anilines is 1. The van der Waals surface area contributed by atoms with Crippen molar-refractivity contribution in [2.24, 2.45) is 0 Å². The average molecular weight is 341 g/mol. The monoisotopic (exact) mass is 341 g/mol. The third-order valence-corrected chi connectivity index (χ3v) is 3.55. The first-order valence-electron chi connectivity index (χ1n) is 8.16. The maximum atomic E-state index is 12.1. The van der Waals surface area contributed by atoms with E-state index in [1.807, 2.05) is 32.0 Å². The van der Waals surface area contributed by atoms with E-state index in [1.54, 1.807) is 38.1 Å². The first kappa shape index (κ1) is 18.5. The maximum absolute atomic E-state index is 12.1. The highest BCUT2D eigenvalue weighted by molar-refractivity contribution is 5.93. The summed E-state index contributed by atoms with van der Waals surface area (Å²) in [6.45, 7) is 7.37. The van der Waals surface area contributed by atoms with E-state index in [9.17, 15) is 9.59 Å². The zero-order chi connectivity index (χ0) is 18.4. The summed E-state index contributed by atoms with van der Waals surface area (Å²) in [5.74, 6) is -0.104. The Morgan fingerprint density at radius 3 is 2.16 bits per heavy atom. The van der Waals surface area contributed by atoms with E-state index in [4.69, 9.17) is 9.47 Å². The topological polar surface area (TPSA) is 64.6 Å². The number of hydrogen-bond donors (Lipinski definition) is 1. The first-order chi connectivity index (χ1) is 11.9. The second kappa shape index (κ2) is 8.33. The van der Waals surface area contributed by atoms with Crippen molar-refractivity contribution in [3.8, 4) is 5.75 Å². The molecule has 0 saturated heterocycles. The average Bonchev–Trinajstić information content (AvgIpc) is 2.56. The molecule has 0 aliphatic heterocycles. The standard InChI is InChI=1S/C20H23NO4/c1-13(2)25-20(23)16-8-10-17(11-9-16)24-12-18(22)21-19-14(3)6-5-7-15(19)4/h5-11,13H,12H2,1-4H3,(H,21,22). The molecule has 0 radical (unpaired) electrons. The van der Waals surface area contributed by atoms with Gasteiger partial charge in [-0.25, -0.2) is 4.79 Å². The Labute approximate surface area is 148 Å². The Bertz CT molecular complexity index is 731. The summed E-state index contributed by atoms with van der Waals surface area (Å²) in [7, 11) is 0. The van der Waals surface area contributed by atoms with Crippen molar-refractivity contribution in [2.45, 2.75) is 33.8 Å². The fourth-order valence-electron chi connectivity index (χ4n) is 2.31. The van der Waals surface area contributed by atoms with Gasteiger partial charge < -0.3 is 14.8 Å². The number of ether oxygens (including phenoxy) is 2. The quantitative estimate of drug-likeness (QED) is 0.810. The molecular weight excluding hydrogens is 318 g/mol. The molecule has 5 heteroatoms. The van der Waals surface area contributed by atoms with E-state index in [2.05, 4.69) is 5.32 Å². The summed E-state index contributed by atoms with van der Waals surface area (Å²) in [6.07, 6.45) is -0.169. The molecule has 0 aliphatic rings. The van der Waals surface area contributed by atoms with E-state index in [1.165, 1.54) is 0 Å². The van der Waals surface area contributed by atoms with Crippen molar-refractivity contribution in [2.75, 3.05) is 11.9 Å². The van der Waals surface area contributed by atoms with E-state index >= 15 is 0 Å². The zero-order valence-electron chi connectivity index (χ0n) is 15.0. The van der Waals surface area contributed by atoms with Crippen molar-refractivity contribution in [1.82, 2.24) is 0 Å². The summed E-state index contributed by atoms with van der Waals surface area (Å²) >= 11 is 0. The van der Waals surface area contributed by atoms with Gasteiger partial charge in [0.15, 0.2) is 6.61 Å². The number of benzene rings is 2. The Balaban J connectivity index is 1.91. The third-order valence-electron chi connectivity index (χ3n) is 3.55. The summed E-state index contributed by atoms with van der Waals surface area (Å²) in [4.78, 5) is 23.8. The summed E-state index contributed by atoms with van der Waals surface area (Å²) in [6, 6.07) is 12.3. The Hall–Kier alpha value is -2.82. The van der Waals surface area contributed by atoms with Gasteiger partial charge >= 0.3 is 5.97 Å². The van der Waals surface area contributed by atoms with Crippen molar-refractivity contribution < 1.29 is 19.1 Å². The lowest BCUT2D eigenvalue weighted by Crippen LogP contribution is -2.21. The number of carbonyl (C=O) groups excluding carboxylic acids is 2. The fourth-order valence-corrected chi connectivity index (χ4v) is 2.31. The predicted molar refractivity (Wildman–Crippen MR) is 97.0 cm³/mol. The van der Waals surface area contributed by atoms with E-state index in [0.717, 1.165) is 16.8 Å². The van der Waals surface area contributed by atoms with Crippen LogP contribution < -0.4 is 10.1 Å². The Morgan fingerprint density at radius 1 is 1.00 bits per heavy atom. The highest BCUT2D eigenvalue weighted by Crippen LogP contribution is 2.19. The van der Waals surface area contributed by atoms with Gasteiger partial charge in [-0.1, -0.05) is 18.2 Å². The number of amides is 1. The van der Waals surface area contributed by atoms with Gasteiger partial charge in [0.2, 0.25) is 0 Å². The number of carbonyl (C=O) groups is 2. The highest BCUT2D eigenvalue weighted by Gasteiger charge is 2.10. The third kappa shape index (κ3) is 5.35. The van der Waals surface area contributed by atoms with Crippen LogP contribution in [0.2, 0.25) is 0 Å². The van der Waals surface area contributed by atoms with Crippen LogP contribution in [0, 0.1) is 13.8 Å². The van der Waals surface area contributed by atoms with Gasteiger partial charge in [0.05, 0.1) is 11.7 Å². The van der Waals surface area contributed by atoms with E-state index in [0.29, 0.717) is 11.3 Å². The normalized spacial score (nSPS) is 10.4. The molecule has 2 rings (SSSR count). The largest absolute Gasteiger partial charge is 0.484 e. The lowest BCUT2D eigenvalue weighted by Gasteiger charge is -2.12. The van der Waals surface area contributed by atoms with Crippen LogP contribution in [0.1, 0.15) is 35.3 Å². The molecule has 0 atom stereocenters. The molecule has 25 heavy (non-hydrogen) atoms. The molecule has 5 nitrogen and oxygen atoms in total. The smallest absolute Gasteiger partial charge is 0.338 e. The molecule has 2 aromatic carbocycles. The minimum Gasteiger partial charge on any atom is -0.484 e. The minimum atomic E-state index is -0.380. The molecule has 1 amide bonds. The highest BCUT2D eigenvalue weighted by atomic mass is 16.5. The number of rotatable bonds is 6. The van der Waals surface area contributed by atoms with Crippen molar-refractivity contribution in [3.63, 3.8) is 0 Å². The van der Waals surface area contributed by atoms with Crippen LogP contribution >= 0.6 is 0 Å². The molecule has 0 aliphatic carbocycles. The van der Waals surface area contributed by atoms with Gasteiger partial charge in [-0.05, 0) is 63.1 Å². The molecule has 0 bridgehead atoms.